The van der Waals surface area contributed by atoms with Gasteiger partial charge in [0.05, 0.1) is 0 Å². The molecule has 2 N–H and O–H groups in total. The second-order valence-corrected chi connectivity index (χ2v) is 6.01. The minimum atomic E-state index is 0.436. The zero-order chi connectivity index (χ0) is 10.7. The van der Waals surface area contributed by atoms with Crippen molar-refractivity contribution in [1.82, 2.24) is 4.90 Å². The lowest BCUT2D eigenvalue weighted by atomic mass is 9.75. The summed E-state index contributed by atoms with van der Waals surface area (Å²) in [5.41, 5.74) is 6.62. The molecular formula is C13H26N2. The first kappa shape index (κ1) is 11.4. The van der Waals surface area contributed by atoms with Crippen molar-refractivity contribution < 1.29 is 0 Å². The van der Waals surface area contributed by atoms with Crippen LogP contribution in [-0.2, 0) is 0 Å². The van der Waals surface area contributed by atoms with Crippen molar-refractivity contribution in [2.45, 2.75) is 57.9 Å². The number of hydrogen-bond acceptors (Lipinski definition) is 2. The van der Waals surface area contributed by atoms with Crippen molar-refractivity contribution in [3.63, 3.8) is 0 Å². The highest BCUT2D eigenvalue weighted by Crippen LogP contribution is 2.36. The highest BCUT2D eigenvalue weighted by atomic mass is 15.1. The Labute approximate surface area is 94.2 Å². The van der Waals surface area contributed by atoms with Gasteiger partial charge in [-0.15, -0.1) is 0 Å². The lowest BCUT2D eigenvalue weighted by Gasteiger charge is -2.41. The molecule has 2 aliphatic rings. The Morgan fingerprint density at radius 3 is 2.60 bits per heavy atom. The molecule has 1 aliphatic heterocycles. The fraction of sp³-hybridized carbons (Fsp3) is 1.00. The number of rotatable bonds is 2. The van der Waals surface area contributed by atoms with Crippen LogP contribution in [0.25, 0.3) is 0 Å². The first-order chi connectivity index (χ1) is 7.18. The van der Waals surface area contributed by atoms with Crippen molar-refractivity contribution in [3.8, 4) is 0 Å². The molecule has 2 heteroatoms. The maximum Gasteiger partial charge on any atom is 0.0168 e. The van der Waals surface area contributed by atoms with Crippen LogP contribution in [-0.4, -0.2) is 30.6 Å². The molecule has 1 atom stereocenters. The summed E-state index contributed by atoms with van der Waals surface area (Å²) in [6.45, 7) is 6.19. The molecule has 0 aromatic carbocycles. The van der Waals surface area contributed by atoms with Gasteiger partial charge in [0.1, 0.15) is 0 Å². The van der Waals surface area contributed by atoms with E-state index in [-0.39, 0.29) is 0 Å². The molecule has 2 rings (SSSR count). The molecule has 1 heterocycles. The van der Waals surface area contributed by atoms with Crippen LogP contribution >= 0.6 is 0 Å². The smallest absolute Gasteiger partial charge is 0.0168 e. The van der Waals surface area contributed by atoms with E-state index in [1.165, 1.54) is 58.0 Å². The maximum atomic E-state index is 6.03. The molecule has 88 valence electrons. The highest BCUT2D eigenvalue weighted by molar-refractivity contribution is 4.84. The van der Waals surface area contributed by atoms with Gasteiger partial charge in [0.2, 0.25) is 0 Å². The third-order valence-electron chi connectivity index (χ3n) is 4.21. The van der Waals surface area contributed by atoms with Gasteiger partial charge in [0.15, 0.2) is 0 Å². The fourth-order valence-corrected chi connectivity index (χ4v) is 3.34. The first-order valence-corrected chi connectivity index (χ1v) is 6.66. The SMILES string of the molecule is CC1(CN2CCCC(N)C2)CCCCC1. The van der Waals surface area contributed by atoms with Crippen LogP contribution in [0.4, 0.5) is 0 Å². The monoisotopic (exact) mass is 210 g/mol. The number of hydrogen-bond donors (Lipinski definition) is 1. The Kier molecular flexibility index (Phi) is 3.68. The fourth-order valence-electron chi connectivity index (χ4n) is 3.34. The Hall–Kier alpha value is -0.0800. The summed E-state index contributed by atoms with van der Waals surface area (Å²) in [5, 5.41) is 0. The topological polar surface area (TPSA) is 29.3 Å². The molecule has 1 saturated carbocycles. The Bertz CT molecular complexity index is 197. The van der Waals surface area contributed by atoms with Gasteiger partial charge >= 0.3 is 0 Å². The molecule has 0 spiro atoms. The minimum Gasteiger partial charge on any atom is -0.327 e. The lowest BCUT2D eigenvalue weighted by molar-refractivity contribution is 0.1000. The van der Waals surface area contributed by atoms with E-state index in [1.54, 1.807) is 0 Å². The van der Waals surface area contributed by atoms with E-state index < -0.39 is 0 Å². The molecule has 1 saturated heterocycles. The number of likely N-dealkylation sites (tertiary alicyclic amines) is 1. The molecule has 0 amide bonds. The van der Waals surface area contributed by atoms with Crippen LogP contribution in [0.2, 0.25) is 0 Å². The van der Waals surface area contributed by atoms with E-state index >= 15 is 0 Å². The molecule has 0 radical (unpaired) electrons. The Morgan fingerprint density at radius 1 is 1.20 bits per heavy atom. The second kappa shape index (κ2) is 4.84. The van der Waals surface area contributed by atoms with Gasteiger partial charge in [0, 0.05) is 19.1 Å². The summed E-state index contributed by atoms with van der Waals surface area (Å²) in [4.78, 5) is 2.61. The Morgan fingerprint density at radius 2 is 1.93 bits per heavy atom. The zero-order valence-corrected chi connectivity index (χ0v) is 10.2. The quantitative estimate of drug-likeness (QED) is 0.758. The van der Waals surface area contributed by atoms with Gasteiger partial charge in [-0.2, -0.15) is 0 Å². The predicted octanol–water partition coefficient (Wildman–Crippen LogP) is 2.38. The largest absolute Gasteiger partial charge is 0.327 e. The lowest BCUT2D eigenvalue weighted by Crippen LogP contribution is -2.47. The van der Waals surface area contributed by atoms with Gasteiger partial charge in [-0.05, 0) is 37.6 Å². The van der Waals surface area contributed by atoms with Gasteiger partial charge in [-0.25, -0.2) is 0 Å². The second-order valence-electron chi connectivity index (χ2n) is 6.01. The molecule has 1 aliphatic carbocycles. The standard InChI is InChI=1S/C13H26N2/c1-13(7-3-2-4-8-13)11-15-9-5-6-12(14)10-15/h12H,2-11,14H2,1H3. The van der Waals surface area contributed by atoms with E-state index in [0.717, 1.165) is 6.54 Å². The van der Waals surface area contributed by atoms with Crippen LogP contribution in [0, 0.1) is 5.41 Å². The Balaban J connectivity index is 1.83. The van der Waals surface area contributed by atoms with Gasteiger partial charge < -0.3 is 10.6 Å². The summed E-state index contributed by atoms with van der Waals surface area (Å²) in [6, 6.07) is 0.436. The average molecular weight is 210 g/mol. The zero-order valence-electron chi connectivity index (χ0n) is 10.2. The third-order valence-corrected chi connectivity index (χ3v) is 4.21. The van der Waals surface area contributed by atoms with Crippen LogP contribution in [0.1, 0.15) is 51.9 Å². The van der Waals surface area contributed by atoms with Crippen LogP contribution in [0.3, 0.4) is 0 Å². The van der Waals surface area contributed by atoms with Crippen LogP contribution in [0.15, 0.2) is 0 Å². The first-order valence-electron chi connectivity index (χ1n) is 6.66. The summed E-state index contributed by atoms with van der Waals surface area (Å²) >= 11 is 0. The van der Waals surface area contributed by atoms with E-state index in [0.29, 0.717) is 11.5 Å². The van der Waals surface area contributed by atoms with Crippen molar-refractivity contribution in [2.75, 3.05) is 19.6 Å². The van der Waals surface area contributed by atoms with E-state index in [2.05, 4.69) is 11.8 Å². The van der Waals surface area contributed by atoms with Crippen molar-refractivity contribution in [1.29, 1.82) is 0 Å². The summed E-state index contributed by atoms with van der Waals surface area (Å²) < 4.78 is 0. The molecule has 0 aromatic rings. The normalized spacial score (nSPS) is 32.8. The highest BCUT2D eigenvalue weighted by Gasteiger charge is 2.30. The average Bonchev–Trinajstić information content (AvgIpc) is 2.18. The molecule has 0 bridgehead atoms. The molecular weight excluding hydrogens is 184 g/mol. The summed E-state index contributed by atoms with van der Waals surface area (Å²) in [5.74, 6) is 0. The van der Waals surface area contributed by atoms with Crippen LogP contribution < -0.4 is 5.73 Å². The number of nitrogens with two attached hydrogens (primary N) is 1. The summed E-state index contributed by atoms with van der Waals surface area (Å²) in [6.07, 6.45) is 9.73. The van der Waals surface area contributed by atoms with Crippen molar-refractivity contribution >= 4 is 0 Å². The van der Waals surface area contributed by atoms with Gasteiger partial charge in [-0.3, -0.25) is 0 Å². The van der Waals surface area contributed by atoms with Crippen LogP contribution in [0.5, 0.6) is 0 Å². The minimum absolute atomic E-state index is 0.436. The molecule has 2 nitrogen and oxygen atoms in total. The van der Waals surface area contributed by atoms with Crippen molar-refractivity contribution in [2.24, 2.45) is 11.1 Å². The maximum absolute atomic E-state index is 6.03. The van der Waals surface area contributed by atoms with E-state index in [9.17, 15) is 0 Å². The van der Waals surface area contributed by atoms with E-state index in [4.69, 9.17) is 5.73 Å². The van der Waals surface area contributed by atoms with Gasteiger partial charge in [-0.1, -0.05) is 26.2 Å². The molecule has 1 unspecified atom stereocenters. The van der Waals surface area contributed by atoms with Gasteiger partial charge in [0.25, 0.3) is 0 Å². The molecule has 2 fully saturated rings. The third kappa shape index (κ3) is 3.18. The number of nitrogens with zero attached hydrogens (tertiary/aromatic N) is 1. The van der Waals surface area contributed by atoms with Crippen molar-refractivity contribution in [3.05, 3.63) is 0 Å². The summed E-state index contributed by atoms with van der Waals surface area (Å²) in [7, 11) is 0. The molecule has 0 aromatic heterocycles. The van der Waals surface area contributed by atoms with E-state index in [1.807, 2.05) is 0 Å². The number of piperidine rings is 1. The predicted molar refractivity (Wildman–Crippen MR) is 64.8 cm³/mol. The molecule has 15 heavy (non-hydrogen) atoms.